The lowest BCUT2D eigenvalue weighted by atomic mass is 10.2. The van der Waals surface area contributed by atoms with Gasteiger partial charge in [0, 0.05) is 12.2 Å². The first-order valence-electron chi connectivity index (χ1n) is 6.65. The number of carbonyl (C=O) groups excluding carboxylic acids is 1. The van der Waals surface area contributed by atoms with Gasteiger partial charge >= 0.3 is 6.03 Å². The van der Waals surface area contributed by atoms with Gasteiger partial charge in [0.05, 0.1) is 7.11 Å². The van der Waals surface area contributed by atoms with E-state index < -0.39 is 0 Å². The van der Waals surface area contributed by atoms with Gasteiger partial charge in [0.15, 0.2) is 0 Å². The number of ether oxygens (including phenoxy) is 1. The van der Waals surface area contributed by atoms with Gasteiger partial charge in [-0.2, -0.15) is 0 Å². The van der Waals surface area contributed by atoms with Crippen molar-refractivity contribution in [3.8, 4) is 5.75 Å². The molecule has 0 unspecified atom stereocenters. The maximum absolute atomic E-state index is 11.6. The summed E-state index contributed by atoms with van der Waals surface area (Å²) >= 11 is 0. The standard InChI is InChI=1S/C15H20N2O2/c1-19-14-8-4-5-12(11-14)9-10-16-15(18)17-13-6-2-3-7-13/h4-5,8-11,13H,2-3,6-7H2,1H3,(H2,16,17,18)/b10-9+. The highest BCUT2D eigenvalue weighted by atomic mass is 16.5. The van der Waals surface area contributed by atoms with Crippen LogP contribution in [0.5, 0.6) is 5.75 Å². The van der Waals surface area contributed by atoms with E-state index in [1.165, 1.54) is 12.8 Å². The summed E-state index contributed by atoms with van der Waals surface area (Å²) in [7, 11) is 1.64. The summed E-state index contributed by atoms with van der Waals surface area (Å²) in [5, 5.41) is 5.69. The summed E-state index contributed by atoms with van der Waals surface area (Å²) in [6.45, 7) is 0. The Labute approximate surface area is 113 Å². The third kappa shape index (κ3) is 4.32. The first-order valence-corrected chi connectivity index (χ1v) is 6.65. The minimum absolute atomic E-state index is 0.133. The van der Waals surface area contributed by atoms with E-state index in [4.69, 9.17) is 4.74 Å². The molecule has 4 heteroatoms. The van der Waals surface area contributed by atoms with Gasteiger partial charge in [-0.1, -0.05) is 25.0 Å². The molecule has 1 aliphatic rings. The minimum atomic E-state index is -0.133. The van der Waals surface area contributed by atoms with Crippen LogP contribution < -0.4 is 15.4 Å². The van der Waals surface area contributed by atoms with Gasteiger partial charge in [-0.25, -0.2) is 4.79 Å². The van der Waals surface area contributed by atoms with Crippen molar-refractivity contribution in [2.75, 3.05) is 7.11 Å². The number of urea groups is 1. The van der Waals surface area contributed by atoms with Crippen LogP contribution in [0.3, 0.4) is 0 Å². The molecule has 0 spiro atoms. The predicted octanol–water partition coefficient (Wildman–Crippen LogP) is 2.91. The fourth-order valence-corrected chi connectivity index (χ4v) is 2.26. The molecule has 2 rings (SSSR count). The highest BCUT2D eigenvalue weighted by Gasteiger charge is 2.16. The molecular formula is C15H20N2O2. The second-order valence-corrected chi connectivity index (χ2v) is 4.71. The molecule has 1 aromatic carbocycles. The molecule has 0 atom stereocenters. The number of rotatable bonds is 4. The lowest BCUT2D eigenvalue weighted by molar-refractivity contribution is 0.240. The van der Waals surface area contributed by atoms with E-state index in [1.807, 2.05) is 30.3 Å². The maximum atomic E-state index is 11.6. The summed E-state index contributed by atoms with van der Waals surface area (Å²) in [4.78, 5) is 11.6. The molecule has 0 heterocycles. The maximum Gasteiger partial charge on any atom is 0.318 e. The number of methoxy groups -OCH3 is 1. The van der Waals surface area contributed by atoms with Crippen molar-refractivity contribution in [2.45, 2.75) is 31.7 Å². The van der Waals surface area contributed by atoms with Crippen molar-refractivity contribution < 1.29 is 9.53 Å². The van der Waals surface area contributed by atoms with Crippen molar-refractivity contribution in [2.24, 2.45) is 0 Å². The second kappa shape index (κ2) is 6.83. The van der Waals surface area contributed by atoms with Crippen molar-refractivity contribution in [3.63, 3.8) is 0 Å². The Hall–Kier alpha value is -1.97. The van der Waals surface area contributed by atoms with Crippen LogP contribution in [0.15, 0.2) is 30.5 Å². The molecule has 0 saturated heterocycles. The normalized spacial score (nSPS) is 15.6. The molecule has 2 amide bonds. The monoisotopic (exact) mass is 260 g/mol. The topological polar surface area (TPSA) is 50.4 Å². The number of amides is 2. The average Bonchev–Trinajstić information content (AvgIpc) is 2.92. The van der Waals surface area contributed by atoms with Gasteiger partial charge in [-0.05, 0) is 36.6 Å². The van der Waals surface area contributed by atoms with E-state index in [2.05, 4.69) is 10.6 Å². The molecule has 19 heavy (non-hydrogen) atoms. The Bertz CT molecular complexity index is 451. The van der Waals surface area contributed by atoms with Crippen LogP contribution in [0, 0.1) is 0 Å². The molecule has 102 valence electrons. The van der Waals surface area contributed by atoms with Gasteiger partial charge < -0.3 is 15.4 Å². The zero-order valence-electron chi connectivity index (χ0n) is 11.2. The Morgan fingerprint density at radius 3 is 2.89 bits per heavy atom. The number of hydrogen-bond acceptors (Lipinski definition) is 2. The van der Waals surface area contributed by atoms with Crippen LogP contribution in [-0.2, 0) is 0 Å². The fourth-order valence-electron chi connectivity index (χ4n) is 2.26. The fraction of sp³-hybridized carbons (Fsp3) is 0.400. The van der Waals surface area contributed by atoms with Crippen LogP contribution in [0.2, 0.25) is 0 Å². The molecular weight excluding hydrogens is 240 g/mol. The Kier molecular flexibility index (Phi) is 4.84. The molecule has 0 radical (unpaired) electrons. The third-order valence-corrected chi connectivity index (χ3v) is 3.27. The van der Waals surface area contributed by atoms with Crippen LogP contribution >= 0.6 is 0 Å². The van der Waals surface area contributed by atoms with Gasteiger partial charge in [0.1, 0.15) is 5.75 Å². The number of hydrogen-bond donors (Lipinski definition) is 2. The zero-order valence-corrected chi connectivity index (χ0v) is 11.2. The smallest absolute Gasteiger partial charge is 0.318 e. The van der Waals surface area contributed by atoms with Crippen LogP contribution in [0.1, 0.15) is 31.2 Å². The molecule has 4 nitrogen and oxygen atoms in total. The SMILES string of the molecule is COc1cccc(/C=C/NC(=O)NC2CCCC2)c1. The molecule has 0 aromatic heterocycles. The highest BCUT2D eigenvalue weighted by molar-refractivity contribution is 5.76. The van der Waals surface area contributed by atoms with Gasteiger partial charge in [0.2, 0.25) is 0 Å². The van der Waals surface area contributed by atoms with Crippen molar-refractivity contribution in [1.82, 2.24) is 10.6 Å². The summed E-state index contributed by atoms with van der Waals surface area (Å²) in [5.41, 5.74) is 0.987. The van der Waals surface area contributed by atoms with E-state index in [0.717, 1.165) is 24.2 Å². The van der Waals surface area contributed by atoms with Gasteiger partial charge in [0.25, 0.3) is 0 Å². The Balaban J connectivity index is 1.79. The van der Waals surface area contributed by atoms with Gasteiger partial charge in [-0.3, -0.25) is 0 Å². The van der Waals surface area contributed by atoms with Crippen LogP contribution in [-0.4, -0.2) is 19.2 Å². The average molecular weight is 260 g/mol. The van der Waals surface area contributed by atoms with Crippen LogP contribution in [0.25, 0.3) is 6.08 Å². The lowest BCUT2D eigenvalue weighted by Gasteiger charge is -2.10. The summed E-state index contributed by atoms with van der Waals surface area (Å²) in [5.74, 6) is 0.803. The molecule has 2 N–H and O–H groups in total. The van der Waals surface area contributed by atoms with E-state index in [1.54, 1.807) is 13.3 Å². The zero-order chi connectivity index (χ0) is 13.5. The molecule has 1 fully saturated rings. The van der Waals surface area contributed by atoms with E-state index in [-0.39, 0.29) is 6.03 Å². The van der Waals surface area contributed by atoms with E-state index in [0.29, 0.717) is 6.04 Å². The second-order valence-electron chi connectivity index (χ2n) is 4.71. The van der Waals surface area contributed by atoms with Crippen molar-refractivity contribution in [1.29, 1.82) is 0 Å². The summed E-state index contributed by atoms with van der Waals surface area (Å²) in [6.07, 6.45) is 8.10. The largest absolute Gasteiger partial charge is 0.497 e. The van der Waals surface area contributed by atoms with Gasteiger partial charge in [-0.15, -0.1) is 0 Å². The van der Waals surface area contributed by atoms with Crippen molar-refractivity contribution in [3.05, 3.63) is 36.0 Å². The van der Waals surface area contributed by atoms with Crippen LogP contribution in [0.4, 0.5) is 4.79 Å². The summed E-state index contributed by atoms with van der Waals surface area (Å²) in [6, 6.07) is 7.87. The lowest BCUT2D eigenvalue weighted by Crippen LogP contribution is -2.38. The molecule has 1 aromatic rings. The highest BCUT2D eigenvalue weighted by Crippen LogP contribution is 2.17. The summed E-state index contributed by atoms with van der Waals surface area (Å²) < 4.78 is 5.14. The number of carbonyl (C=O) groups is 1. The number of nitrogens with one attached hydrogen (secondary N) is 2. The van der Waals surface area contributed by atoms with E-state index >= 15 is 0 Å². The van der Waals surface area contributed by atoms with E-state index in [9.17, 15) is 4.79 Å². The third-order valence-electron chi connectivity index (χ3n) is 3.27. The molecule has 1 aliphatic carbocycles. The molecule has 0 bridgehead atoms. The predicted molar refractivity (Wildman–Crippen MR) is 76.0 cm³/mol. The minimum Gasteiger partial charge on any atom is -0.497 e. The van der Waals surface area contributed by atoms with Crippen molar-refractivity contribution >= 4 is 12.1 Å². The quantitative estimate of drug-likeness (QED) is 0.874. The molecule has 1 saturated carbocycles. The first kappa shape index (κ1) is 13.5. The Morgan fingerprint density at radius 2 is 2.16 bits per heavy atom. The Morgan fingerprint density at radius 1 is 1.37 bits per heavy atom. The first-order chi connectivity index (χ1) is 9.28. The number of benzene rings is 1. The molecule has 0 aliphatic heterocycles.